The molecule has 1 aliphatic rings. The Labute approximate surface area is 125 Å². The first-order valence-corrected chi connectivity index (χ1v) is 7.19. The van der Waals surface area contributed by atoms with Crippen molar-refractivity contribution in [3.8, 4) is 11.8 Å². The maximum absolute atomic E-state index is 12.4. The fourth-order valence-corrected chi connectivity index (χ4v) is 2.39. The number of carbonyl (C=O) groups excluding carboxylic acids is 1. The molecule has 1 amide bonds. The van der Waals surface area contributed by atoms with Gasteiger partial charge in [0.25, 0.3) is 5.91 Å². The van der Waals surface area contributed by atoms with Gasteiger partial charge in [0.15, 0.2) is 0 Å². The highest BCUT2D eigenvalue weighted by Gasteiger charge is 2.22. The fourth-order valence-electron chi connectivity index (χ4n) is 2.39. The number of hydrogen-bond donors (Lipinski definition) is 0. The van der Waals surface area contributed by atoms with E-state index in [4.69, 9.17) is 4.74 Å². The van der Waals surface area contributed by atoms with Crippen molar-refractivity contribution in [2.75, 3.05) is 20.2 Å². The van der Waals surface area contributed by atoms with E-state index >= 15 is 0 Å². The lowest BCUT2D eigenvalue weighted by Gasteiger charge is -2.30. The molecule has 1 aromatic carbocycles. The number of benzene rings is 1. The number of nitrogens with zero attached hydrogens (tertiary/aromatic N) is 2. The zero-order valence-corrected chi connectivity index (χ0v) is 12.5. The third-order valence-corrected chi connectivity index (χ3v) is 3.85. The minimum atomic E-state index is -0.166. The van der Waals surface area contributed by atoms with Gasteiger partial charge in [-0.2, -0.15) is 5.26 Å². The lowest BCUT2D eigenvalue weighted by molar-refractivity contribution is -0.127. The van der Waals surface area contributed by atoms with Crippen molar-refractivity contribution >= 4 is 12.0 Å². The van der Waals surface area contributed by atoms with Gasteiger partial charge in [0, 0.05) is 13.1 Å². The molecule has 1 heterocycles. The smallest absolute Gasteiger partial charge is 0.264 e. The van der Waals surface area contributed by atoms with Gasteiger partial charge in [0.1, 0.15) is 17.4 Å². The number of hydrogen-bond acceptors (Lipinski definition) is 3. The van der Waals surface area contributed by atoms with Gasteiger partial charge in [-0.25, -0.2) is 0 Å². The van der Waals surface area contributed by atoms with Gasteiger partial charge in [0.2, 0.25) is 0 Å². The molecule has 0 saturated carbocycles. The third kappa shape index (κ3) is 3.85. The normalized spacial score (nSPS) is 16.4. The SMILES string of the molecule is COc1ccc(/C=C(\C#N)C(=O)N2CCC(C)CC2)cc1. The van der Waals surface area contributed by atoms with Crippen LogP contribution in [0.25, 0.3) is 6.08 Å². The Kier molecular flexibility index (Phi) is 4.99. The number of ether oxygens (including phenoxy) is 1. The first-order valence-electron chi connectivity index (χ1n) is 7.19. The maximum Gasteiger partial charge on any atom is 0.264 e. The summed E-state index contributed by atoms with van der Waals surface area (Å²) in [6.07, 6.45) is 3.65. The average Bonchev–Trinajstić information content (AvgIpc) is 2.53. The Morgan fingerprint density at radius 3 is 2.48 bits per heavy atom. The van der Waals surface area contributed by atoms with Crippen LogP contribution in [-0.2, 0) is 4.79 Å². The molecule has 1 aliphatic heterocycles. The molecule has 21 heavy (non-hydrogen) atoms. The number of rotatable bonds is 3. The quantitative estimate of drug-likeness (QED) is 0.633. The van der Waals surface area contributed by atoms with Crippen molar-refractivity contribution in [1.82, 2.24) is 4.90 Å². The van der Waals surface area contributed by atoms with Crippen LogP contribution < -0.4 is 4.74 Å². The summed E-state index contributed by atoms with van der Waals surface area (Å²) in [6, 6.07) is 9.32. The molecule has 1 aromatic rings. The van der Waals surface area contributed by atoms with Crippen LogP contribution in [0.3, 0.4) is 0 Å². The molecule has 0 aliphatic carbocycles. The van der Waals surface area contributed by atoms with Crippen molar-refractivity contribution in [1.29, 1.82) is 5.26 Å². The van der Waals surface area contributed by atoms with E-state index in [-0.39, 0.29) is 11.5 Å². The summed E-state index contributed by atoms with van der Waals surface area (Å²) >= 11 is 0. The first kappa shape index (κ1) is 15.1. The second-order valence-corrected chi connectivity index (χ2v) is 5.42. The van der Waals surface area contributed by atoms with E-state index in [9.17, 15) is 10.1 Å². The highest BCUT2D eigenvalue weighted by atomic mass is 16.5. The van der Waals surface area contributed by atoms with Crippen LogP contribution >= 0.6 is 0 Å². The molecular formula is C17H20N2O2. The maximum atomic E-state index is 12.4. The number of methoxy groups -OCH3 is 1. The van der Waals surface area contributed by atoms with Crippen molar-refractivity contribution in [3.05, 3.63) is 35.4 Å². The van der Waals surface area contributed by atoms with Crippen LogP contribution in [-0.4, -0.2) is 31.0 Å². The average molecular weight is 284 g/mol. The van der Waals surface area contributed by atoms with Crippen molar-refractivity contribution in [2.24, 2.45) is 5.92 Å². The molecule has 0 N–H and O–H groups in total. The predicted molar refractivity (Wildman–Crippen MR) is 81.6 cm³/mol. The second-order valence-electron chi connectivity index (χ2n) is 5.42. The fraction of sp³-hybridized carbons (Fsp3) is 0.412. The highest BCUT2D eigenvalue weighted by molar-refractivity contribution is 6.01. The monoisotopic (exact) mass is 284 g/mol. The van der Waals surface area contributed by atoms with Gasteiger partial charge in [-0.05, 0) is 42.5 Å². The predicted octanol–water partition coefficient (Wildman–Crippen LogP) is 2.86. The number of amides is 1. The molecule has 2 rings (SSSR count). The van der Waals surface area contributed by atoms with E-state index in [1.807, 2.05) is 30.3 Å². The summed E-state index contributed by atoms with van der Waals surface area (Å²) < 4.78 is 5.09. The minimum Gasteiger partial charge on any atom is -0.497 e. The second kappa shape index (κ2) is 6.94. The van der Waals surface area contributed by atoms with Crippen LogP contribution in [0, 0.1) is 17.2 Å². The molecule has 4 nitrogen and oxygen atoms in total. The van der Waals surface area contributed by atoms with Crippen molar-refractivity contribution in [2.45, 2.75) is 19.8 Å². The van der Waals surface area contributed by atoms with E-state index in [1.165, 1.54) is 0 Å². The standard InChI is InChI=1S/C17H20N2O2/c1-13-7-9-19(10-8-13)17(20)15(12-18)11-14-3-5-16(21-2)6-4-14/h3-6,11,13H,7-10H2,1-2H3/b15-11+. The van der Waals surface area contributed by atoms with Gasteiger partial charge in [-0.15, -0.1) is 0 Å². The van der Waals surface area contributed by atoms with E-state index in [0.29, 0.717) is 5.92 Å². The van der Waals surface area contributed by atoms with Gasteiger partial charge < -0.3 is 9.64 Å². The highest BCUT2D eigenvalue weighted by Crippen LogP contribution is 2.19. The molecule has 1 saturated heterocycles. The van der Waals surface area contributed by atoms with E-state index in [0.717, 1.165) is 37.2 Å². The lowest BCUT2D eigenvalue weighted by Crippen LogP contribution is -2.38. The lowest BCUT2D eigenvalue weighted by atomic mass is 9.98. The van der Waals surface area contributed by atoms with Crippen LogP contribution in [0.4, 0.5) is 0 Å². The summed E-state index contributed by atoms with van der Waals surface area (Å²) in [5.74, 6) is 1.24. The largest absolute Gasteiger partial charge is 0.497 e. The summed E-state index contributed by atoms with van der Waals surface area (Å²) in [7, 11) is 1.60. The molecule has 0 spiro atoms. The molecule has 1 fully saturated rings. The van der Waals surface area contributed by atoms with Crippen LogP contribution in [0.15, 0.2) is 29.8 Å². The number of likely N-dealkylation sites (tertiary alicyclic amines) is 1. The number of piperidine rings is 1. The summed E-state index contributed by atoms with van der Waals surface area (Å²) in [6.45, 7) is 3.67. The Morgan fingerprint density at radius 2 is 1.95 bits per heavy atom. The summed E-state index contributed by atoms with van der Waals surface area (Å²) in [5, 5.41) is 9.25. The van der Waals surface area contributed by atoms with Crippen molar-refractivity contribution < 1.29 is 9.53 Å². The molecule has 4 heteroatoms. The van der Waals surface area contributed by atoms with E-state index in [1.54, 1.807) is 18.1 Å². The zero-order valence-electron chi connectivity index (χ0n) is 12.5. The number of nitriles is 1. The van der Waals surface area contributed by atoms with Gasteiger partial charge in [-0.1, -0.05) is 19.1 Å². The van der Waals surface area contributed by atoms with Crippen LogP contribution in [0.5, 0.6) is 5.75 Å². The van der Waals surface area contributed by atoms with Crippen LogP contribution in [0.1, 0.15) is 25.3 Å². The molecule has 0 aromatic heterocycles. The number of carbonyl (C=O) groups is 1. The van der Waals surface area contributed by atoms with E-state index in [2.05, 4.69) is 6.92 Å². The first-order chi connectivity index (χ1) is 10.1. The summed E-state index contributed by atoms with van der Waals surface area (Å²) in [5.41, 5.74) is 1.01. The third-order valence-electron chi connectivity index (χ3n) is 3.85. The van der Waals surface area contributed by atoms with E-state index < -0.39 is 0 Å². The molecule has 0 unspecified atom stereocenters. The Bertz CT molecular complexity index is 561. The Hall–Kier alpha value is -2.28. The van der Waals surface area contributed by atoms with Gasteiger partial charge in [0.05, 0.1) is 7.11 Å². The summed E-state index contributed by atoms with van der Waals surface area (Å²) in [4.78, 5) is 14.2. The molecule has 0 radical (unpaired) electrons. The van der Waals surface area contributed by atoms with Gasteiger partial charge in [-0.3, -0.25) is 4.79 Å². The molecule has 110 valence electrons. The minimum absolute atomic E-state index is 0.166. The van der Waals surface area contributed by atoms with Crippen LogP contribution in [0.2, 0.25) is 0 Å². The molecule has 0 atom stereocenters. The zero-order chi connectivity index (χ0) is 15.2. The topological polar surface area (TPSA) is 53.3 Å². The van der Waals surface area contributed by atoms with Gasteiger partial charge >= 0.3 is 0 Å². The Morgan fingerprint density at radius 1 is 1.33 bits per heavy atom. The Balaban J connectivity index is 2.12. The molecule has 0 bridgehead atoms. The molecular weight excluding hydrogens is 264 g/mol. The van der Waals surface area contributed by atoms with Crippen molar-refractivity contribution in [3.63, 3.8) is 0 Å².